The van der Waals surface area contributed by atoms with Crippen LogP contribution in [-0.4, -0.2) is 109 Å². The number of carboxylic acid groups (broad SMARTS) is 2. The SMILES string of the molecule is C=CC(=O)OC.O=C([O-])CCCCCCCCC(=O)[O-].OCC(CO)(CO)COCC(CO)(CO)CO.[K+].[K+]. The molecule has 0 radical (unpaired) electrons. The molecular formula is C24H44K2O13. The van der Waals surface area contributed by atoms with Gasteiger partial charge in [0.15, 0.2) is 0 Å². The summed E-state index contributed by atoms with van der Waals surface area (Å²) in [5, 5.41) is 74.2. The Balaban J connectivity index is -0.000000159. The molecule has 0 saturated carbocycles. The summed E-state index contributed by atoms with van der Waals surface area (Å²) in [5.41, 5.74) is -2.32. The van der Waals surface area contributed by atoms with E-state index in [0.717, 1.165) is 31.8 Å². The van der Waals surface area contributed by atoms with E-state index < -0.39 is 68.4 Å². The molecule has 0 fully saturated rings. The van der Waals surface area contributed by atoms with Gasteiger partial charge in [-0.05, 0) is 25.7 Å². The molecule has 0 aromatic heterocycles. The fourth-order valence-electron chi connectivity index (χ4n) is 2.39. The first-order valence-electron chi connectivity index (χ1n) is 11.8. The summed E-state index contributed by atoms with van der Waals surface area (Å²) in [6.07, 6.45) is 6.34. The van der Waals surface area contributed by atoms with E-state index in [-0.39, 0.29) is 129 Å². The van der Waals surface area contributed by atoms with Gasteiger partial charge in [0.25, 0.3) is 0 Å². The first-order chi connectivity index (χ1) is 17.5. The molecule has 0 aromatic carbocycles. The molecule has 0 heterocycles. The minimum Gasteiger partial charge on any atom is -0.550 e. The molecule has 0 rings (SSSR count). The van der Waals surface area contributed by atoms with Gasteiger partial charge >= 0.3 is 109 Å². The maximum atomic E-state index is 10.0. The van der Waals surface area contributed by atoms with Crippen molar-refractivity contribution in [2.24, 2.45) is 10.8 Å². The zero-order chi connectivity index (χ0) is 29.2. The fraction of sp³-hybridized carbons (Fsp3) is 0.792. The quantitative estimate of drug-likeness (QED) is 0.0322. The monoisotopic (exact) mass is 618 g/mol. The summed E-state index contributed by atoms with van der Waals surface area (Å²) in [4.78, 5) is 29.9. The van der Waals surface area contributed by atoms with Crippen LogP contribution in [0.3, 0.4) is 0 Å². The average Bonchev–Trinajstić information content (AvgIpc) is 2.91. The van der Waals surface area contributed by atoms with Crippen molar-refractivity contribution in [2.75, 3.05) is 60.0 Å². The Morgan fingerprint density at radius 1 is 0.667 bits per heavy atom. The summed E-state index contributed by atoms with van der Waals surface area (Å²) < 4.78 is 9.29. The number of aliphatic hydroxyl groups is 6. The molecule has 0 aromatic rings. The van der Waals surface area contributed by atoms with E-state index in [4.69, 9.17) is 35.4 Å². The predicted molar refractivity (Wildman–Crippen MR) is 127 cm³/mol. The Hall–Kier alpha value is 1.14. The van der Waals surface area contributed by atoms with E-state index in [0.29, 0.717) is 12.8 Å². The molecule has 220 valence electrons. The van der Waals surface area contributed by atoms with E-state index in [1.54, 1.807) is 0 Å². The van der Waals surface area contributed by atoms with Gasteiger partial charge < -0.3 is 59.9 Å². The summed E-state index contributed by atoms with van der Waals surface area (Å²) >= 11 is 0. The molecule has 39 heavy (non-hydrogen) atoms. The zero-order valence-corrected chi connectivity index (χ0v) is 29.9. The van der Waals surface area contributed by atoms with Crippen LogP contribution in [0, 0.1) is 10.8 Å². The number of aliphatic carboxylic acids is 2. The number of aliphatic hydroxyl groups excluding tert-OH is 6. The van der Waals surface area contributed by atoms with Crippen LogP contribution in [-0.2, 0) is 23.9 Å². The van der Waals surface area contributed by atoms with Crippen LogP contribution in [0.25, 0.3) is 0 Å². The van der Waals surface area contributed by atoms with Crippen LogP contribution in [0.4, 0.5) is 0 Å². The molecule has 0 atom stereocenters. The number of carbonyl (C=O) groups is 3. The maximum absolute atomic E-state index is 10.0. The van der Waals surface area contributed by atoms with Crippen molar-refractivity contribution in [3.05, 3.63) is 12.7 Å². The van der Waals surface area contributed by atoms with E-state index in [9.17, 15) is 24.6 Å². The van der Waals surface area contributed by atoms with Gasteiger partial charge in [-0.15, -0.1) is 0 Å². The second-order valence-corrected chi connectivity index (χ2v) is 8.53. The van der Waals surface area contributed by atoms with Gasteiger partial charge in [0.1, 0.15) is 0 Å². The Labute approximate surface area is 315 Å². The van der Waals surface area contributed by atoms with Crippen LogP contribution < -0.4 is 113 Å². The van der Waals surface area contributed by atoms with Crippen molar-refractivity contribution in [1.82, 2.24) is 0 Å². The Bertz CT molecular complexity index is 542. The van der Waals surface area contributed by atoms with Crippen molar-refractivity contribution in [2.45, 2.75) is 51.4 Å². The third-order valence-corrected chi connectivity index (χ3v) is 5.21. The number of methoxy groups -OCH3 is 1. The van der Waals surface area contributed by atoms with Crippen molar-refractivity contribution in [3.8, 4) is 0 Å². The van der Waals surface area contributed by atoms with Crippen LogP contribution in [0.5, 0.6) is 0 Å². The summed E-state index contributed by atoms with van der Waals surface area (Å²) in [6.45, 7) is 0.152. The summed E-state index contributed by atoms with van der Waals surface area (Å²) in [5.74, 6) is -2.39. The number of rotatable bonds is 20. The normalized spacial score (nSPS) is 10.3. The number of hydrogen-bond acceptors (Lipinski definition) is 13. The minimum atomic E-state index is -1.16. The number of hydrogen-bond donors (Lipinski definition) is 6. The third kappa shape index (κ3) is 30.4. The molecule has 0 amide bonds. The first-order valence-corrected chi connectivity index (χ1v) is 11.8. The van der Waals surface area contributed by atoms with E-state index in [2.05, 4.69) is 11.3 Å². The van der Waals surface area contributed by atoms with E-state index in [1.807, 2.05) is 0 Å². The Kier molecular flexibility index (Phi) is 43.0. The first kappa shape index (κ1) is 49.8. The van der Waals surface area contributed by atoms with Gasteiger partial charge in [-0.25, -0.2) is 4.79 Å². The third-order valence-electron chi connectivity index (χ3n) is 5.21. The molecule has 0 aliphatic heterocycles. The Morgan fingerprint density at radius 2 is 0.949 bits per heavy atom. The molecule has 0 bridgehead atoms. The van der Waals surface area contributed by atoms with Gasteiger partial charge in [-0.2, -0.15) is 0 Å². The van der Waals surface area contributed by atoms with Crippen molar-refractivity contribution in [1.29, 1.82) is 0 Å². The largest absolute Gasteiger partial charge is 1.00 e. The molecule has 13 nitrogen and oxygen atoms in total. The molecule has 6 N–H and O–H groups in total. The van der Waals surface area contributed by atoms with Crippen molar-refractivity contribution in [3.63, 3.8) is 0 Å². The number of ether oxygens (including phenoxy) is 2. The smallest absolute Gasteiger partial charge is 0.550 e. The molecule has 0 saturated heterocycles. The molecule has 0 spiro atoms. The molecular weight excluding hydrogens is 574 g/mol. The number of carbonyl (C=O) groups excluding carboxylic acids is 3. The number of unbranched alkanes of at least 4 members (excludes halogenated alkanes) is 5. The van der Waals surface area contributed by atoms with Crippen molar-refractivity contribution >= 4 is 17.9 Å². The van der Waals surface area contributed by atoms with Gasteiger partial charge in [0.2, 0.25) is 0 Å². The number of carboxylic acids is 2. The second kappa shape index (κ2) is 33.6. The van der Waals surface area contributed by atoms with E-state index >= 15 is 0 Å². The predicted octanol–water partition coefficient (Wildman–Crippen LogP) is -9.11. The van der Waals surface area contributed by atoms with Crippen LogP contribution in [0.1, 0.15) is 51.4 Å². The van der Waals surface area contributed by atoms with Crippen LogP contribution >= 0.6 is 0 Å². The zero-order valence-electron chi connectivity index (χ0n) is 23.6. The van der Waals surface area contributed by atoms with Crippen LogP contribution in [0.2, 0.25) is 0 Å². The van der Waals surface area contributed by atoms with E-state index in [1.165, 1.54) is 7.11 Å². The maximum Gasteiger partial charge on any atom is 1.00 e. The molecule has 0 aliphatic carbocycles. The summed E-state index contributed by atoms with van der Waals surface area (Å²) in [7, 11) is 1.31. The Morgan fingerprint density at radius 3 is 1.13 bits per heavy atom. The minimum absolute atomic E-state index is 0. The molecule has 0 unspecified atom stereocenters. The summed E-state index contributed by atoms with van der Waals surface area (Å²) in [6, 6.07) is 0. The standard InChI is InChI=1S/C10H22O7.C10H18O4.C4H6O2.2K/c11-1-9(2-12,3-13)7-17-8-10(4-14,5-15)6-16;11-9(12)7-5-3-1-2-4-6-8-10(13)14;1-3-4(5)6-2;;/h11-16H,1-8H2;1-8H2,(H,11,12)(H,13,14);3H,1H2,2H3;;/q;;;2*+1/p-2. The average molecular weight is 619 g/mol. The second-order valence-electron chi connectivity index (χ2n) is 8.53. The van der Waals surface area contributed by atoms with Gasteiger partial charge in [0, 0.05) is 18.0 Å². The van der Waals surface area contributed by atoms with Crippen LogP contribution in [0.15, 0.2) is 12.7 Å². The van der Waals surface area contributed by atoms with Gasteiger partial charge in [-0.3, -0.25) is 0 Å². The number of esters is 1. The topological polar surface area (TPSA) is 237 Å². The van der Waals surface area contributed by atoms with Gasteiger partial charge in [-0.1, -0.05) is 32.3 Å². The fourth-order valence-corrected chi connectivity index (χ4v) is 2.39. The van der Waals surface area contributed by atoms with Gasteiger partial charge in [0.05, 0.1) is 70.8 Å². The van der Waals surface area contributed by atoms with Crippen molar-refractivity contribution < 1.29 is 167 Å². The molecule has 0 aliphatic rings. The molecule has 15 heteroatoms.